The molecule has 1 aliphatic rings. The summed E-state index contributed by atoms with van der Waals surface area (Å²) in [7, 11) is 0. The molecule has 1 rings (SSSR count). The van der Waals surface area contributed by atoms with E-state index >= 15 is 0 Å². The van der Waals surface area contributed by atoms with E-state index in [0.717, 1.165) is 19.5 Å². The van der Waals surface area contributed by atoms with E-state index in [1.807, 2.05) is 0 Å². The molecule has 1 fully saturated rings. The van der Waals surface area contributed by atoms with Crippen LogP contribution in [0.1, 0.15) is 52.4 Å². The average Bonchev–Trinajstić information content (AvgIpc) is 2.18. The number of nitrogens with zero attached hydrogens (tertiary/aromatic N) is 1. The van der Waals surface area contributed by atoms with E-state index in [9.17, 15) is 0 Å². The molecular weight excluding hydrogens is 186 g/mol. The normalized spacial score (nSPS) is 19.7. The van der Waals surface area contributed by atoms with Gasteiger partial charge < -0.3 is 11.1 Å². The lowest BCUT2D eigenvalue weighted by Crippen LogP contribution is -2.37. The molecule has 0 aromatic carbocycles. The fourth-order valence-corrected chi connectivity index (χ4v) is 2.26. The molecule has 0 atom stereocenters. The summed E-state index contributed by atoms with van der Waals surface area (Å²) in [5, 5.41) is 3.12. The van der Waals surface area contributed by atoms with Crippen LogP contribution >= 0.6 is 0 Å². The van der Waals surface area contributed by atoms with E-state index in [4.69, 9.17) is 5.73 Å². The second-order valence-electron chi connectivity index (χ2n) is 4.73. The third-order valence-corrected chi connectivity index (χ3v) is 3.34. The second kappa shape index (κ2) is 5.99. The minimum absolute atomic E-state index is 0.493. The topological polar surface area (TPSA) is 50.4 Å². The van der Waals surface area contributed by atoms with Gasteiger partial charge in [-0.05, 0) is 31.1 Å². The fourth-order valence-electron chi connectivity index (χ4n) is 2.26. The molecule has 0 radical (unpaired) electrons. The van der Waals surface area contributed by atoms with Gasteiger partial charge in [-0.3, -0.25) is 4.99 Å². The third kappa shape index (κ3) is 3.73. The molecule has 3 N–H and O–H groups in total. The first-order chi connectivity index (χ1) is 7.22. The number of hydrogen-bond donors (Lipinski definition) is 2. The highest BCUT2D eigenvalue weighted by molar-refractivity contribution is 5.77. The Balaban J connectivity index is 2.32. The standard InChI is InChI=1S/C12H25N3/c1-3-6-12(7-5-8-12)10-15-11(13)14-9-4-2/h3-10H2,1-2H3,(H3,13,14,15). The van der Waals surface area contributed by atoms with Crippen molar-refractivity contribution in [2.45, 2.75) is 52.4 Å². The molecule has 3 nitrogen and oxygen atoms in total. The first-order valence-corrected chi connectivity index (χ1v) is 6.26. The Kier molecular flexibility index (Phi) is 4.92. The van der Waals surface area contributed by atoms with Crippen LogP contribution in [0.5, 0.6) is 0 Å². The maximum atomic E-state index is 5.78. The Labute approximate surface area is 93.5 Å². The molecular formula is C12H25N3. The zero-order valence-corrected chi connectivity index (χ0v) is 10.2. The van der Waals surface area contributed by atoms with Crippen LogP contribution < -0.4 is 11.1 Å². The number of guanidine groups is 1. The molecule has 0 aromatic rings. The van der Waals surface area contributed by atoms with E-state index < -0.39 is 0 Å². The summed E-state index contributed by atoms with van der Waals surface area (Å²) in [5.74, 6) is 0.624. The van der Waals surface area contributed by atoms with Gasteiger partial charge in [0.1, 0.15) is 0 Å². The number of hydrogen-bond acceptors (Lipinski definition) is 1. The zero-order chi connectivity index (χ0) is 11.1. The van der Waals surface area contributed by atoms with Gasteiger partial charge in [0.05, 0.1) is 0 Å². The molecule has 0 heterocycles. The minimum atomic E-state index is 0.493. The monoisotopic (exact) mass is 211 g/mol. The number of nitrogens with two attached hydrogens (primary N) is 1. The van der Waals surface area contributed by atoms with Crippen LogP contribution in [0.3, 0.4) is 0 Å². The number of rotatable bonds is 6. The Bertz CT molecular complexity index is 207. The predicted molar refractivity (Wildman–Crippen MR) is 66.0 cm³/mol. The molecule has 1 saturated carbocycles. The smallest absolute Gasteiger partial charge is 0.188 e. The van der Waals surface area contributed by atoms with Gasteiger partial charge in [0.2, 0.25) is 0 Å². The van der Waals surface area contributed by atoms with Gasteiger partial charge in [0.25, 0.3) is 0 Å². The van der Waals surface area contributed by atoms with Crippen molar-refractivity contribution in [3.05, 3.63) is 0 Å². The average molecular weight is 211 g/mol. The van der Waals surface area contributed by atoms with Gasteiger partial charge in [-0.15, -0.1) is 0 Å². The largest absolute Gasteiger partial charge is 0.370 e. The molecule has 0 aliphatic heterocycles. The summed E-state index contributed by atoms with van der Waals surface area (Å²) < 4.78 is 0. The van der Waals surface area contributed by atoms with Crippen LogP contribution in [-0.2, 0) is 0 Å². The minimum Gasteiger partial charge on any atom is -0.370 e. The Morgan fingerprint density at radius 3 is 2.53 bits per heavy atom. The Morgan fingerprint density at radius 1 is 1.33 bits per heavy atom. The van der Waals surface area contributed by atoms with Crippen molar-refractivity contribution in [1.82, 2.24) is 5.32 Å². The highest BCUT2D eigenvalue weighted by Crippen LogP contribution is 2.44. The van der Waals surface area contributed by atoms with Gasteiger partial charge in [-0.25, -0.2) is 0 Å². The van der Waals surface area contributed by atoms with E-state index in [-0.39, 0.29) is 0 Å². The van der Waals surface area contributed by atoms with Crippen LogP contribution in [0, 0.1) is 5.41 Å². The molecule has 3 heteroatoms. The lowest BCUT2D eigenvalue weighted by molar-refractivity contribution is 0.130. The zero-order valence-electron chi connectivity index (χ0n) is 10.2. The quantitative estimate of drug-likeness (QED) is 0.523. The van der Waals surface area contributed by atoms with Gasteiger partial charge in [-0.2, -0.15) is 0 Å². The van der Waals surface area contributed by atoms with Gasteiger partial charge in [-0.1, -0.05) is 26.7 Å². The lowest BCUT2D eigenvalue weighted by Gasteiger charge is -2.40. The van der Waals surface area contributed by atoms with E-state index in [1.54, 1.807) is 0 Å². The molecule has 0 aromatic heterocycles. The molecule has 0 saturated heterocycles. The maximum Gasteiger partial charge on any atom is 0.188 e. The van der Waals surface area contributed by atoms with Crippen LogP contribution in [0.2, 0.25) is 0 Å². The molecule has 0 unspecified atom stereocenters. The van der Waals surface area contributed by atoms with Crippen molar-refractivity contribution < 1.29 is 0 Å². The maximum absolute atomic E-state index is 5.78. The lowest BCUT2D eigenvalue weighted by atomic mass is 9.66. The molecule has 0 amide bonds. The summed E-state index contributed by atoms with van der Waals surface area (Å²) in [5.41, 5.74) is 6.27. The SMILES string of the molecule is CCCNC(N)=NCC1(CCC)CCC1. The molecule has 88 valence electrons. The highest BCUT2D eigenvalue weighted by Gasteiger charge is 2.35. The number of aliphatic imine (C=N–C) groups is 1. The third-order valence-electron chi connectivity index (χ3n) is 3.34. The van der Waals surface area contributed by atoms with Crippen LogP contribution in [-0.4, -0.2) is 19.0 Å². The van der Waals surface area contributed by atoms with Gasteiger partial charge in [0.15, 0.2) is 5.96 Å². The van der Waals surface area contributed by atoms with Crippen molar-refractivity contribution in [3.63, 3.8) is 0 Å². The van der Waals surface area contributed by atoms with Crippen molar-refractivity contribution in [1.29, 1.82) is 0 Å². The Morgan fingerprint density at radius 2 is 2.07 bits per heavy atom. The molecule has 1 aliphatic carbocycles. The van der Waals surface area contributed by atoms with Gasteiger partial charge in [0, 0.05) is 13.1 Å². The predicted octanol–water partition coefficient (Wildman–Crippen LogP) is 2.27. The first-order valence-electron chi connectivity index (χ1n) is 6.26. The fraction of sp³-hybridized carbons (Fsp3) is 0.917. The van der Waals surface area contributed by atoms with Crippen molar-refractivity contribution in [2.24, 2.45) is 16.1 Å². The van der Waals surface area contributed by atoms with Crippen molar-refractivity contribution in [2.75, 3.05) is 13.1 Å². The first kappa shape index (κ1) is 12.3. The Hall–Kier alpha value is -0.730. The van der Waals surface area contributed by atoms with Crippen LogP contribution in [0.4, 0.5) is 0 Å². The summed E-state index contributed by atoms with van der Waals surface area (Å²) in [6, 6.07) is 0. The van der Waals surface area contributed by atoms with Gasteiger partial charge >= 0.3 is 0 Å². The van der Waals surface area contributed by atoms with E-state index in [2.05, 4.69) is 24.2 Å². The van der Waals surface area contributed by atoms with Crippen LogP contribution in [0.25, 0.3) is 0 Å². The summed E-state index contributed by atoms with van der Waals surface area (Å²) in [6.45, 7) is 6.23. The van der Waals surface area contributed by atoms with Crippen molar-refractivity contribution in [3.8, 4) is 0 Å². The second-order valence-corrected chi connectivity index (χ2v) is 4.73. The van der Waals surface area contributed by atoms with Crippen LogP contribution in [0.15, 0.2) is 4.99 Å². The molecule has 0 bridgehead atoms. The summed E-state index contributed by atoms with van der Waals surface area (Å²) in [4.78, 5) is 4.46. The molecule has 0 spiro atoms. The summed E-state index contributed by atoms with van der Waals surface area (Å²) >= 11 is 0. The van der Waals surface area contributed by atoms with Crippen molar-refractivity contribution >= 4 is 5.96 Å². The molecule has 15 heavy (non-hydrogen) atoms. The highest BCUT2D eigenvalue weighted by atomic mass is 15.1. The van der Waals surface area contributed by atoms with E-state index in [0.29, 0.717) is 11.4 Å². The van der Waals surface area contributed by atoms with E-state index in [1.165, 1.54) is 32.1 Å². The number of nitrogens with one attached hydrogen (secondary N) is 1. The summed E-state index contributed by atoms with van der Waals surface area (Å²) in [6.07, 6.45) is 7.71.